The van der Waals surface area contributed by atoms with E-state index in [0.29, 0.717) is 33.0 Å². The Balaban J connectivity index is 2.22. The molecule has 0 bridgehead atoms. The number of benzene rings is 1. The van der Waals surface area contributed by atoms with E-state index >= 15 is 0 Å². The lowest BCUT2D eigenvalue weighted by Crippen LogP contribution is -2.10. The van der Waals surface area contributed by atoms with Crippen molar-refractivity contribution in [2.45, 2.75) is 6.92 Å². The van der Waals surface area contributed by atoms with E-state index in [1.165, 1.54) is 0 Å². The molecular weight excluding hydrogens is 244 g/mol. The molecule has 0 saturated carbocycles. The van der Waals surface area contributed by atoms with Gasteiger partial charge in [-0.25, -0.2) is 0 Å². The van der Waals surface area contributed by atoms with E-state index in [1.54, 1.807) is 0 Å². The molecule has 4 heteroatoms. The van der Waals surface area contributed by atoms with E-state index in [0.717, 1.165) is 11.3 Å². The summed E-state index contributed by atoms with van der Waals surface area (Å²) in [5.41, 5.74) is 0.823. The average molecular weight is 264 g/mol. The molecule has 104 valence electrons. The van der Waals surface area contributed by atoms with Crippen molar-refractivity contribution in [3.05, 3.63) is 29.8 Å². The topological polar surface area (TPSA) is 47.9 Å². The van der Waals surface area contributed by atoms with Crippen LogP contribution in [0.1, 0.15) is 12.5 Å². The predicted octanol–water partition coefficient (Wildman–Crippen LogP) is 1.46. The second-order valence-corrected chi connectivity index (χ2v) is 3.65. The summed E-state index contributed by atoms with van der Waals surface area (Å²) in [6.07, 6.45) is 0. The molecule has 1 rings (SSSR count). The number of aliphatic hydroxyl groups excluding tert-OH is 1. The maximum Gasteiger partial charge on any atom is 0.120 e. The van der Waals surface area contributed by atoms with Crippen molar-refractivity contribution in [3.8, 4) is 17.6 Å². The summed E-state index contributed by atoms with van der Waals surface area (Å²) < 4.78 is 16.0. The molecule has 0 aliphatic rings. The fourth-order valence-electron chi connectivity index (χ4n) is 1.39. The Kier molecular flexibility index (Phi) is 8.48. The maximum absolute atomic E-state index is 8.63. The Morgan fingerprint density at radius 3 is 2.68 bits per heavy atom. The molecule has 1 N–H and O–H groups in total. The molecule has 4 nitrogen and oxygen atoms in total. The monoisotopic (exact) mass is 264 g/mol. The maximum atomic E-state index is 8.63. The highest BCUT2D eigenvalue weighted by Crippen LogP contribution is 2.12. The summed E-state index contributed by atoms with van der Waals surface area (Å²) >= 11 is 0. The highest BCUT2D eigenvalue weighted by molar-refractivity contribution is 5.39. The van der Waals surface area contributed by atoms with Crippen molar-refractivity contribution in [2.75, 3.05) is 39.6 Å². The molecular formula is C15H20O4. The van der Waals surface area contributed by atoms with Gasteiger partial charge in [-0.15, -0.1) is 0 Å². The van der Waals surface area contributed by atoms with E-state index in [-0.39, 0.29) is 6.61 Å². The first kappa shape index (κ1) is 15.5. The summed E-state index contributed by atoms with van der Waals surface area (Å²) in [7, 11) is 0. The smallest absolute Gasteiger partial charge is 0.120 e. The van der Waals surface area contributed by atoms with Crippen molar-refractivity contribution in [1.82, 2.24) is 0 Å². The van der Waals surface area contributed by atoms with Crippen LogP contribution < -0.4 is 4.74 Å². The SMILES string of the molecule is CCOCCOCCOc1cccc(C#CCO)c1. The Bertz CT molecular complexity index is 406. The van der Waals surface area contributed by atoms with Crippen molar-refractivity contribution >= 4 is 0 Å². The van der Waals surface area contributed by atoms with Crippen LogP contribution in [0.4, 0.5) is 0 Å². The standard InChI is InChI=1S/C15H20O4/c1-2-17-9-10-18-11-12-19-15-7-3-5-14(13-15)6-4-8-16/h3,5,7,13,16H,2,8-12H2,1H3. The molecule has 1 aromatic carbocycles. The molecule has 0 spiro atoms. The first-order chi connectivity index (χ1) is 9.36. The largest absolute Gasteiger partial charge is 0.491 e. The summed E-state index contributed by atoms with van der Waals surface area (Å²) in [6, 6.07) is 7.44. The third-order valence-electron chi connectivity index (χ3n) is 2.22. The van der Waals surface area contributed by atoms with Crippen LogP contribution in [0.15, 0.2) is 24.3 Å². The summed E-state index contributed by atoms with van der Waals surface area (Å²) in [6.45, 7) is 4.74. The molecule has 0 fully saturated rings. The van der Waals surface area contributed by atoms with Gasteiger partial charge in [-0.3, -0.25) is 0 Å². The van der Waals surface area contributed by atoms with E-state index in [1.807, 2.05) is 31.2 Å². The van der Waals surface area contributed by atoms with Gasteiger partial charge in [0, 0.05) is 12.2 Å². The van der Waals surface area contributed by atoms with Crippen LogP contribution in [0, 0.1) is 11.8 Å². The van der Waals surface area contributed by atoms with Crippen LogP contribution in [-0.2, 0) is 9.47 Å². The van der Waals surface area contributed by atoms with Crippen LogP contribution >= 0.6 is 0 Å². The fraction of sp³-hybridized carbons (Fsp3) is 0.467. The summed E-state index contributed by atoms with van der Waals surface area (Å²) in [4.78, 5) is 0. The minimum Gasteiger partial charge on any atom is -0.491 e. The Morgan fingerprint density at radius 2 is 1.89 bits per heavy atom. The molecule has 0 atom stereocenters. The molecule has 0 aromatic heterocycles. The minimum atomic E-state index is -0.140. The first-order valence-electron chi connectivity index (χ1n) is 6.35. The molecule has 0 saturated heterocycles. The zero-order chi connectivity index (χ0) is 13.8. The van der Waals surface area contributed by atoms with Crippen LogP contribution in [0.3, 0.4) is 0 Å². The summed E-state index contributed by atoms with van der Waals surface area (Å²) in [5.74, 6) is 6.18. The van der Waals surface area contributed by atoms with Crippen LogP contribution in [0.25, 0.3) is 0 Å². The fourth-order valence-corrected chi connectivity index (χ4v) is 1.39. The lowest BCUT2D eigenvalue weighted by Gasteiger charge is -2.07. The lowest BCUT2D eigenvalue weighted by molar-refractivity contribution is 0.0405. The zero-order valence-electron chi connectivity index (χ0n) is 11.2. The molecule has 0 unspecified atom stereocenters. The molecule has 0 heterocycles. The van der Waals surface area contributed by atoms with Crippen molar-refractivity contribution in [3.63, 3.8) is 0 Å². The van der Waals surface area contributed by atoms with Crippen molar-refractivity contribution < 1.29 is 19.3 Å². The van der Waals surface area contributed by atoms with Gasteiger partial charge in [0.05, 0.1) is 19.8 Å². The van der Waals surface area contributed by atoms with Gasteiger partial charge < -0.3 is 19.3 Å². The zero-order valence-corrected chi connectivity index (χ0v) is 11.2. The normalized spacial score (nSPS) is 9.79. The number of aliphatic hydroxyl groups is 1. The van der Waals surface area contributed by atoms with Crippen LogP contribution in [0.5, 0.6) is 5.75 Å². The van der Waals surface area contributed by atoms with E-state index < -0.39 is 0 Å². The quantitative estimate of drug-likeness (QED) is 0.570. The average Bonchev–Trinajstić information content (AvgIpc) is 2.44. The molecule has 0 aliphatic carbocycles. The Hall–Kier alpha value is -1.54. The molecule has 0 aliphatic heterocycles. The van der Waals surface area contributed by atoms with Crippen LogP contribution in [-0.4, -0.2) is 44.7 Å². The van der Waals surface area contributed by atoms with Crippen LogP contribution in [0.2, 0.25) is 0 Å². The van der Waals surface area contributed by atoms with Gasteiger partial charge in [0.25, 0.3) is 0 Å². The predicted molar refractivity (Wildman–Crippen MR) is 73.2 cm³/mol. The van der Waals surface area contributed by atoms with Gasteiger partial charge in [0.1, 0.15) is 19.0 Å². The number of ether oxygens (including phenoxy) is 3. The van der Waals surface area contributed by atoms with Gasteiger partial charge >= 0.3 is 0 Å². The van der Waals surface area contributed by atoms with Gasteiger partial charge in [0.2, 0.25) is 0 Å². The highest BCUT2D eigenvalue weighted by atomic mass is 16.5. The van der Waals surface area contributed by atoms with E-state index in [9.17, 15) is 0 Å². The summed E-state index contributed by atoms with van der Waals surface area (Å²) in [5, 5.41) is 8.63. The third kappa shape index (κ3) is 7.47. The first-order valence-corrected chi connectivity index (χ1v) is 6.35. The number of hydrogen-bond acceptors (Lipinski definition) is 4. The second kappa shape index (κ2) is 10.4. The highest BCUT2D eigenvalue weighted by Gasteiger charge is 1.95. The van der Waals surface area contributed by atoms with Crippen molar-refractivity contribution in [2.24, 2.45) is 0 Å². The molecule has 0 radical (unpaired) electrons. The molecule has 19 heavy (non-hydrogen) atoms. The van der Waals surface area contributed by atoms with Crippen molar-refractivity contribution in [1.29, 1.82) is 0 Å². The lowest BCUT2D eigenvalue weighted by atomic mass is 10.2. The van der Waals surface area contributed by atoms with Gasteiger partial charge in [-0.05, 0) is 25.1 Å². The van der Waals surface area contributed by atoms with E-state index in [4.69, 9.17) is 19.3 Å². The number of hydrogen-bond donors (Lipinski definition) is 1. The second-order valence-electron chi connectivity index (χ2n) is 3.65. The molecule has 0 amide bonds. The van der Waals surface area contributed by atoms with Gasteiger partial charge in [-0.2, -0.15) is 0 Å². The Labute approximate surface area is 114 Å². The van der Waals surface area contributed by atoms with Gasteiger partial charge in [-0.1, -0.05) is 17.9 Å². The Morgan fingerprint density at radius 1 is 1.11 bits per heavy atom. The van der Waals surface area contributed by atoms with Gasteiger partial charge in [0.15, 0.2) is 0 Å². The van der Waals surface area contributed by atoms with E-state index in [2.05, 4.69) is 11.8 Å². The number of rotatable bonds is 8. The molecule has 1 aromatic rings. The minimum absolute atomic E-state index is 0.140. The third-order valence-corrected chi connectivity index (χ3v) is 2.22.